The molecule has 0 aromatic heterocycles. The van der Waals surface area contributed by atoms with E-state index in [0.29, 0.717) is 13.0 Å². The van der Waals surface area contributed by atoms with Crippen molar-refractivity contribution in [1.82, 2.24) is 0 Å². The Morgan fingerprint density at radius 3 is 2.47 bits per heavy atom. The molecular weight excluding hydrogens is 242 g/mol. The van der Waals surface area contributed by atoms with Crippen LogP contribution in [0.3, 0.4) is 0 Å². The lowest BCUT2D eigenvalue weighted by atomic mass is 10.1. The van der Waals surface area contributed by atoms with E-state index in [0.717, 1.165) is 30.7 Å². The molecule has 4 nitrogen and oxygen atoms in total. The number of carboxylic acids is 1. The molecule has 106 valence electrons. The van der Waals surface area contributed by atoms with Crippen molar-refractivity contribution in [2.24, 2.45) is 0 Å². The highest BCUT2D eigenvalue weighted by Gasteiger charge is 2.16. The van der Waals surface area contributed by atoms with Gasteiger partial charge in [-0.05, 0) is 37.1 Å². The third-order valence-corrected chi connectivity index (χ3v) is 2.81. The zero-order chi connectivity index (χ0) is 14.1. The van der Waals surface area contributed by atoms with Crippen LogP contribution in [0.1, 0.15) is 39.5 Å². The van der Waals surface area contributed by atoms with Crippen molar-refractivity contribution in [3.05, 3.63) is 24.3 Å². The second-order valence-corrected chi connectivity index (χ2v) is 4.55. The summed E-state index contributed by atoms with van der Waals surface area (Å²) < 4.78 is 5.48. The molecule has 0 aliphatic carbocycles. The summed E-state index contributed by atoms with van der Waals surface area (Å²) in [7, 11) is 0. The van der Waals surface area contributed by atoms with E-state index < -0.39 is 12.0 Å². The molecule has 2 N–H and O–H groups in total. The van der Waals surface area contributed by atoms with Gasteiger partial charge in [-0.3, -0.25) is 0 Å². The van der Waals surface area contributed by atoms with Crippen molar-refractivity contribution in [2.45, 2.75) is 45.6 Å². The Morgan fingerprint density at radius 1 is 1.26 bits per heavy atom. The van der Waals surface area contributed by atoms with Gasteiger partial charge in [0.25, 0.3) is 0 Å². The van der Waals surface area contributed by atoms with Crippen LogP contribution in [0.5, 0.6) is 5.75 Å². The lowest BCUT2D eigenvalue weighted by Crippen LogP contribution is -2.29. The monoisotopic (exact) mass is 265 g/mol. The Morgan fingerprint density at radius 2 is 1.95 bits per heavy atom. The van der Waals surface area contributed by atoms with Crippen LogP contribution in [0.25, 0.3) is 0 Å². The fourth-order valence-corrected chi connectivity index (χ4v) is 1.73. The highest BCUT2D eigenvalue weighted by atomic mass is 16.5. The fraction of sp³-hybridized carbons (Fsp3) is 0.533. The van der Waals surface area contributed by atoms with E-state index in [1.807, 2.05) is 24.3 Å². The maximum Gasteiger partial charge on any atom is 0.326 e. The average Bonchev–Trinajstić information content (AvgIpc) is 2.42. The molecule has 0 radical (unpaired) electrons. The average molecular weight is 265 g/mol. The maximum absolute atomic E-state index is 11.1. The third-order valence-electron chi connectivity index (χ3n) is 2.81. The van der Waals surface area contributed by atoms with Crippen molar-refractivity contribution in [3.8, 4) is 5.75 Å². The number of benzene rings is 1. The summed E-state index contributed by atoms with van der Waals surface area (Å²) in [5.74, 6) is 0.00703. The summed E-state index contributed by atoms with van der Waals surface area (Å²) in [5.41, 5.74) is 0.812. The molecule has 0 spiro atoms. The van der Waals surface area contributed by atoms with E-state index in [-0.39, 0.29) is 0 Å². The van der Waals surface area contributed by atoms with Crippen LogP contribution >= 0.6 is 0 Å². The largest absolute Gasteiger partial charge is 0.494 e. The summed E-state index contributed by atoms with van der Waals surface area (Å²) in [4.78, 5) is 11.1. The molecule has 1 aromatic carbocycles. The summed E-state index contributed by atoms with van der Waals surface area (Å²) in [6.45, 7) is 4.81. The quantitative estimate of drug-likeness (QED) is 0.717. The summed E-state index contributed by atoms with van der Waals surface area (Å²) in [6, 6.07) is 6.90. The molecule has 0 amide bonds. The molecule has 0 aliphatic heterocycles. The molecular formula is C15H23NO3. The Hall–Kier alpha value is -1.71. The van der Waals surface area contributed by atoms with Crippen LogP contribution in [0.2, 0.25) is 0 Å². The highest BCUT2D eigenvalue weighted by molar-refractivity contribution is 5.77. The van der Waals surface area contributed by atoms with Crippen molar-refractivity contribution >= 4 is 11.7 Å². The number of carboxylic acid groups (broad SMARTS) is 1. The molecule has 0 fully saturated rings. The highest BCUT2D eigenvalue weighted by Crippen LogP contribution is 2.17. The number of carbonyl (C=O) groups is 1. The Bertz CT molecular complexity index is 375. The number of aliphatic carboxylic acids is 1. The third kappa shape index (κ3) is 5.64. The van der Waals surface area contributed by atoms with Gasteiger partial charge in [0.05, 0.1) is 6.61 Å². The van der Waals surface area contributed by atoms with Crippen LogP contribution < -0.4 is 10.1 Å². The van der Waals surface area contributed by atoms with E-state index in [2.05, 4.69) is 19.2 Å². The molecule has 0 aliphatic rings. The predicted octanol–water partition coefficient (Wildman–Crippen LogP) is 3.53. The van der Waals surface area contributed by atoms with Crippen LogP contribution in [-0.4, -0.2) is 23.7 Å². The minimum absolute atomic E-state index is 0.526. The first-order valence-corrected chi connectivity index (χ1v) is 6.89. The van der Waals surface area contributed by atoms with Gasteiger partial charge in [-0.2, -0.15) is 0 Å². The standard InChI is InChI=1S/C15H23NO3/c1-3-5-6-14(15(17)18)16-12-7-9-13(10-8-12)19-11-4-2/h7-10,14,16H,3-6,11H2,1-2H3,(H,17,18). The number of unbranched alkanes of at least 4 members (excludes halogenated alkanes) is 1. The molecule has 4 heteroatoms. The van der Waals surface area contributed by atoms with Gasteiger partial charge in [-0.1, -0.05) is 26.7 Å². The molecule has 1 rings (SSSR count). The van der Waals surface area contributed by atoms with Gasteiger partial charge in [0, 0.05) is 5.69 Å². The van der Waals surface area contributed by atoms with Crippen molar-refractivity contribution in [2.75, 3.05) is 11.9 Å². The second-order valence-electron chi connectivity index (χ2n) is 4.55. The molecule has 19 heavy (non-hydrogen) atoms. The van der Waals surface area contributed by atoms with Gasteiger partial charge >= 0.3 is 5.97 Å². The predicted molar refractivity (Wildman–Crippen MR) is 76.8 cm³/mol. The van der Waals surface area contributed by atoms with Gasteiger partial charge in [0.1, 0.15) is 11.8 Å². The zero-order valence-electron chi connectivity index (χ0n) is 11.7. The smallest absolute Gasteiger partial charge is 0.326 e. The first-order chi connectivity index (χ1) is 9.17. The molecule has 1 aromatic rings. The van der Waals surface area contributed by atoms with Crippen molar-refractivity contribution in [3.63, 3.8) is 0 Å². The first-order valence-electron chi connectivity index (χ1n) is 6.89. The van der Waals surface area contributed by atoms with E-state index in [1.54, 1.807) is 0 Å². The molecule has 0 heterocycles. The topological polar surface area (TPSA) is 58.6 Å². The van der Waals surface area contributed by atoms with Gasteiger partial charge in [0.15, 0.2) is 0 Å². The molecule has 1 unspecified atom stereocenters. The first kappa shape index (κ1) is 15.3. The van der Waals surface area contributed by atoms with Crippen molar-refractivity contribution in [1.29, 1.82) is 0 Å². The van der Waals surface area contributed by atoms with Crippen LogP contribution in [0.4, 0.5) is 5.69 Å². The van der Waals surface area contributed by atoms with Crippen molar-refractivity contribution < 1.29 is 14.6 Å². The van der Waals surface area contributed by atoms with Gasteiger partial charge in [0.2, 0.25) is 0 Å². The summed E-state index contributed by atoms with van der Waals surface area (Å²) in [6.07, 6.45) is 3.51. The number of hydrogen-bond acceptors (Lipinski definition) is 3. The normalized spacial score (nSPS) is 11.9. The maximum atomic E-state index is 11.1. The van der Waals surface area contributed by atoms with E-state index in [1.165, 1.54) is 0 Å². The number of ether oxygens (including phenoxy) is 1. The summed E-state index contributed by atoms with van der Waals surface area (Å²) in [5, 5.41) is 12.2. The Labute approximate surface area is 114 Å². The molecule has 0 saturated carbocycles. The fourth-order valence-electron chi connectivity index (χ4n) is 1.73. The summed E-state index contributed by atoms with van der Waals surface area (Å²) >= 11 is 0. The van der Waals surface area contributed by atoms with E-state index >= 15 is 0 Å². The minimum atomic E-state index is -0.806. The van der Waals surface area contributed by atoms with Gasteiger partial charge in [-0.15, -0.1) is 0 Å². The Balaban J connectivity index is 2.56. The SMILES string of the molecule is CCCCC(Nc1ccc(OCCC)cc1)C(=O)O. The Kier molecular flexibility index (Phi) is 6.79. The number of rotatable bonds is 9. The lowest BCUT2D eigenvalue weighted by molar-refractivity contribution is -0.138. The number of hydrogen-bond donors (Lipinski definition) is 2. The van der Waals surface area contributed by atoms with E-state index in [4.69, 9.17) is 9.84 Å². The second kappa shape index (κ2) is 8.40. The molecule has 1 atom stereocenters. The lowest BCUT2D eigenvalue weighted by Gasteiger charge is -2.15. The number of nitrogens with one attached hydrogen (secondary N) is 1. The van der Waals surface area contributed by atoms with Crippen LogP contribution in [-0.2, 0) is 4.79 Å². The molecule has 0 bridgehead atoms. The zero-order valence-corrected chi connectivity index (χ0v) is 11.7. The van der Waals surface area contributed by atoms with Crippen LogP contribution in [0.15, 0.2) is 24.3 Å². The van der Waals surface area contributed by atoms with E-state index in [9.17, 15) is 4.79 Å². The van der Waals surface area contributed by atoms with Crippen LogP contribution in [0, 0.1) is 0 Å². The minimum Gasteiger partial charge on any atom is -0.494 e. The van der Waals surface area contributed by atoms with Gasteiger partial charge < -0.3 is 15.2 Å². The van der Waals surface area contributed by atoms with Gasteiger partial charge in [-0.25, -0.2) is 4.79 Å². The number of anilines is 1. The molecule has 0 saturated heterocycles.